The van der Waals surface area contributed by atoms with Crippen LogP contribution in [0.2, 0.25) is 0 Å². The first-order valence-corrected chi connectivity index (χ1v) is 7.91. The zero-order valence-corrected chi connectivity index (χ0v) is 11.8. The van der Waals surface area contributed by atoms with Gasteiger partial charge in [0, 0.05) is 6.42 Å². The highest BCUT2D eigenvalue weighted by Gasteiger charge is 2.51. The van der Waals surface area contributed by atoms with Crippen molar-refractivity contribution < 1.29 is 9.18 Å². The summed E-state index contributed by atoms with van der Waals surface area (Å²) in [7, 11) is 0. The van der Waals surface area contributed by atoms with Crippen LogP contribution in [0.3, 0.4) is 0 Å². The highest BCUT2D eigenvalue weighted by Crippen LogP contribution is 2.61. The van der Waals surface area contributed by atoms with Crippen LogP contribution in [-0.4, -0.2) is 5.78 Å². The fourth-order valence-electron chi connectivity index (χ4n) is 5.63. The van der Waals surface area contributed by atoms with Crippen molar-refractivity contribution in [3.05, 3.63) is 35.6 Å². The van der Waals surface area contributed by atoms with E-state index in [1.165, 1.54) is 44.6 Å². The number of Topliss-reactive ketones (excluding diaryl/α,β-unsaturated/α-hetero) is 1. The van der Waals surface area contributed by atoms with Gasteiger partial charge in [-0.3, -0.25) is 4.79 Å². The van der Waals surface area contributed by atoms with Gasteiger partial charge in [0.05, 0.1) is 5.56 Å². The number of rotatable bonds is 3. The number of ketones is 1. The number of benzene rings is 1. The van der Waals surface area contributed by atoms with E-state index in [4.69, 9.17) is 0 Å². The van der Waals surface area contributed by atoms with Crippen LogP contribution >= 0.6 is 0 Å². The van der Waals surface area contributed by atoms with E-state index < -0.39 is 0 Å². The van der Waals surface area contributed by atoms with Gasteiger partial charge in [-0.15, -0.1) is 0 Å². The molecule has 0 heterocycles. The second-order valence-electron chi connectivity index (χ2n) is 7.50. The number of carbonyl (C=O) groups is 1. The minimum atomic E-state index is -0.359. The minimum Gasteiger partial charge on any atom is -0.294 e. The lowest BCUT2D eigenvalue weighted by Crippen LogP contribution is -2.46. The zero-order valence-electron chi connectivity index (χ0n) is 11.8. The normalized spacial score (nSPS) is 38.1. The van der Waals surface area contributed by atoms with Crippen LogP contribution in [0.15, 0.2) is 24.3 Å². The predicted octanol–water partition coefficient (Wildman–Crippen LogP) is 4.61. The molecule has 0 amide bonds. The second-order valence-corrected chi connectivity index (χ2v) is 7.50. The van der Waals surface area contributed by atoms with Crippen molar-refractivity contribution in [1.29, 1.82) is 0 Å². The lowest BCUT2D eigenvalue weighted by molar-refractivity contribution is -0.0524. The fourth-order valence-corrected chi connectivity index (χ4v) is 5.63. The molecule has 0 aromatic heterocycles. The Bertz CT molecular complexity index is 513. The average molecular weight is 272 g/mol. The van der Waals surface area contributed by atoms with Crippen molar-refractivity contribution in [2.45, 2.75) is 44.9 Å². The SMILES string of the molecule is O=C(CC12CC3CC(CC(C3)C1)C2)c1ccccc1F. The molecule has 20 heavy (non-hydrogen) atoms. The Morgan fingerprint density at radius 3 is 2.15 bits per heavy atom. The zero-order chi connectivity index (χ0) is 13.7. The maximum atomic E-state index is 13.8. The van der Waals surface area contributed by atoms with Gasteiger partial charge in [0.1, 0.15) is 5.82 Å². The summed E-state index contributed by atoms with van der Waals surface area (Å²) in [4.78, 5) is 12.5. The molecule has 4 aliphatic carbocycles. The monoisotopic (exact) mass is 272 g/mol. The van der Waals surface area contributed by atoms with Crippen LogP contribution < -0.4 is 0 Å². The van der Waals surface area contributed by atoms with E-state index in [1.807, 2.05) is 0 Å². The van der Waals surface area contributed by atoms with Crippen molar-refractivity contribution in [2.24, 2.45) is 23.2 Å². The molecule has 4 aliphatic rings. The molecule has 1 nitrogen and oxygen atoms in total. The van der Waals surface area contributed by atoms with Gasteiger partial charge in [0.15, 0.2) is 5.78 Å². The van der Waals surface area contributed by atoms with Crippen LogP contribution in [0, 0.1) is 29.0 Å². The van der Waals surface area contributed by atoms with Crippen LogP contribution in [0.4, 0.5) is 4.39 Å². The Morgan fingerprint density at radius 2 is 1.60 bits per heavy atom. The Balaban J connectivity index is 1.57. The Labute approximate surface area is 119 Å². The van der Waals surface area contributed by atoms with Gasteiger partial charge >= 0.3 is 0 Å². The van der Waals surface area contributed by atoms with Crippen LogP contribution in [-0.2, 0) is 0 Å². The highest BCUT2D eigenvalue weighted by atomic mass is 19.1. The van der Waals surface area contributed by atoms with E-state index in [2.05, 4.69) is 0 Å². The molecule has 2 heteroatoms. The summed E-state index contributed by atoms with van der Waals surface area (Å²) in [5.41, 5.74) is 0.497. The molecule has 106 valence electrons. The average Bonchev–Trinajstić information content (AvgIpc) is 2.36. The van der Waals surface area contributed by atoms with Gasteiger partial charge in [-0.2, -0.15) is 0 Å². The van der Waals surface area contributed by atoms with E-state index in [-0.39, 0.29) is 17.0 Å². The smallest absolute Gasteiger partial charge is 0.166 e. The van der Waals surface area contributed by atoms with Gasteiger partial charge in [-0.25, -0.2) is 4.39 Å². The van der Waals surface area contributed by atoms with Gasteiger partial charge in [-0.05, 0) is 73.8 Å². The van der Waals surface area contributed by atoms with Crippen molar-refractivity contribution in [3.63, 3.8) is 0 Å². The molecule has 0 saturated heterocycles. The Kier molecular flexibility index (Phi) is 2.77. The summed E-state index contributed by atoms with van der Waals surface area (Å²) in [6.45, 7) is 0. The maximum absolute atomic E-state index is 13.8. The lowest BCUT2D eigenvalue weighted by atomic mass is 9.48. The Hall–Kier alpha value is -1.18. The second kappa shape index (κ2) is 4.41. The third kappa shape index (κ3) is 2.01. The van der Waals surface area contributed by atoms with Crippen molar-refractivity contribution in [2.75, 3.05) is 0 Å². The molecule has 4 fully saturated rings. The molecular formula is C18H21FO. The van der Waals surface area contributed by atoms with E-state index in [9.17, 15) is 9.18 Å². The van der Waals surface area contributed by atoms with Gasteiger partial charge in [0.25, 0.3) is 0 Å². The number of carbonyl (C=O) groups excluding carboxylic acids is 1. The topological polar surface area (TPSA) is 17.1 Å². The van der Waals surface area contributed by atoms with E-state index in [1.54, 1.807) is 18.2 Å². The molecule has 4 saturated carbocycles. The summed E-state index contributed by atoms with van der Waals surface area (Å²) in [6, 6.07) is 6.44. The summed E-state index contributed by atoms with van der Waals surface area (Å²) < 4.78 is 13.8. The van der Waals surface area contributed by atoms with E-state index >= 15 is 0 Å². The lowest BCUT2D eigenvalue weighted by Gasteiger charge is -2.56. The molecule has 0 radical (unpaired) electrons. The molecule has 0 unspecified atom stereocenters. The summed E-state index contributed by atoms with van der Waals surface area (Å²) in [5, 5.41) is 0. The number of hydrogen-bond acceptors (Lipinski definition) is 1. The molecule has 5 rings (SSSR count). The number of hydrogen-bond donors (Lipinski definition) is 0. The predicted molar refractivity (Wildman–Crippen MR) is 76.0 cm³/mol. The molecule has 1 aromatic rings. The fraction of sp³-hybridized carbons (Fsp3) is 0.611. The largest absolute Gasteiger partial charge is 0.294 e. The van der Waals surface area contributed by atoms with Crippen molar-refractivity contribution >= 4 is 5.78 Å². The highest BCUT2D eigenvalue weighted by molar-refractivity contribution is 5.96. The number of halogens is 1. The minimum absolute atomic E-state index is 0.0186. The molecule has 0 atom stereocenters. The molecule has 0 aliphatic heterocycles. The standard InChI is InChI=1S/C18H21FO/c19-16-4-2-1-3-15(16)17(20)11-18-8-12-5-13(9-18)7-14(6-12)10-18/h1-4,12-14H,5-11H2. The summed E-state index contributed by atoms with van der Waals surface area (Å²) >= 11 is 0. The Morgan fingerprint density at radius 1 is 1.05 bits per heavy atom. The van der Waals surface area contributed by atoms with Gasteiger partial charge in [-0.1, -0.05) is 12.1 Å². The quantitative estimate of drug-likeness (QED) is 0.734. The molecule has 1 aromatic carbocycles. The van der Waals surface area contributed by atoms with Crippen molar-refractivity contribution in [3.8, 4) is 0 Å². The molecule has 0 spiro atoms. The van der Waals surface area contributed by atoms with E-state index in [0.29, 0.717) is 12.0 Å². The first kappa shape index (κ1) is 12.6. The first-order chi connectivity index (χ1) is 9.63. The maximum Gasteiger partial charge on any atom is 0.166 e. The van der Waals surface area contributed by atoms with Crippen molar-refractivity contribution in [1.82, 2.24) is 0 Å². The molecule has 4 bridgehead atoms. The first-order valence-electron chi connectivity index (χ1n) is 7.91. The molecule has 0 N–H and O–H groups in total. The third-order valence-corrected chi connectivity index (χ3v) is 5.87. The summed E-state index contributed by atoms with van der Waals surface area (Å²) in [5.74, 6) is 2.19. The van der Waals surface area contributed by atoms with Crippen LogP contribution in [0.5, 0.6) is 0 Å². The van der Waals surface area contributed by atoms with E-state index in [0.717, 1.165) is 17.8 Å². The van der Waals surface area contributed by atoms with Crippen LogP contribution in [0.1, 0.15) is 55.3 Å². The van der Waals surface area contributed by atoms with Gasteiger partial charge < -0.3 is 0 Å². The third-order valence-electron chi connectivity index (χ3n) is 5.87. The van der Waals surface area contributed by atoms with Gasteiger partial charge in [0.2, 0.25) is 0 Å². The molecular weight excluding hydrogens is 251 g/mol. The summed E-state index contributed by atoms with van der Waals surface area (Å²) in [6.07, 6.45) is 8.34. The van der Waals surface area contributed by atoms with Crippen LogP contribution in [0.25, 0.3) is 0 Å².